The van der Waals surface area contributed by atoms with Crippen LogP contribution in [0.25, 0.3) is 0 Å². The highest BCUT2D eigenvalue weighted by Crippen LogP contribution is 2.20. The van der Waals surface area contributed by atoms with Crippen LogP contribution in [-0.4, -0.2) is 15.7 Å². The monoisotopic (exact) mass is 348 g/mol. The van der Waals surface area contributed by atoms with Crippen LogP contribution in [0.3, 0.4) is 0 Å². The fourth-order valence-corrected chi connectivity index (χ4v) is 2.54. The number of anilines is 2. The number of hydrogen-bond acceptors (Lipinski definition) is 4. The van der Waals surface area contributed by atoms with E-state index in [9.17, 15) is 4.79 Å². The number of aromatic nitrogens is 2. The van der Waals surface area contributed by atoms with E-state index in [0.717, 1.165) is 2.88 Å². The van der Waals surface area contributed by atoms with Gasteiger partial charge < -0.3 is 11.1 Å². The van der Waals surface area contributed by atoms with Crippen LogP contribution in [0.5, 0.6) is 0 Å². The topological polar surface area (TPSA) is 72.9 Å². The van der Waals surface area contributed by atoms with Gasteiger partial charge in [-0.25, -0.2) is 0 Å². The summed E-state index contributed by atoms with van der Waals surface area (Å²) in [6.45, 7) is 0. The molecule has 0 fully saturated rings. The number of rotatable bonds is 2. The Morgan fingerprint density at radius 3 is 2.94 bits per heavy atom. The second-order valence-corrected chi connectivity index (χ2v) is 5.97. The Balaban J connectivity index is 2.20. The summed E-state index contributed by atoms with van der Waals surface area (Å²) in [6.07, 6.45) is 1.51. The molecular weight excluding hydrogens is 339 g/mol. The normalized spacial score (nSPS) is 10.4. The van der Waals surface area contributed by atoms with Crippen molar-refractivity contribution in [1.29, 1.82) is 0 Å². The largest absolute Gasteiger partial charge is 0.394 e. The predicted molar refractivity (Wildman–Crippen MR) is 72.6 cm³/mol. The zero-order valence-electron chi connectivity index (χ0n) is 8.40. The Morgan fingerprint density at radius 1 is 1.69 bits per heavy atom. The number of thiophene rings is 1. The number of nitrogens with two attached hydrogens (primary N) is 1. The van der Waals surface area contributed by atoms with E-state index in [0.29, 0.717) is 17.1 Å². The lowest BCUT2D eigenvalue weighted by molar-refractivity contribution is 0.102. The molecule has 0 unspecified atom stereocenters. The third-order valence-corrected chi connectivity index (χ3v) is 3.82. The summed E-state index contributed by atoms with van der Waals surface area (Å²) in [6, 6.07) is 1.83. The maximum Gasteiger partial charge on any atom is 0.257 e. The van der Waals surface area contributed by atoms with E-state index in [2.05, 4.69) is 33.0 Å². The van der Waals surface area contributed by atoms with Crippen LogP contribution in [0.4, 0.5) is 11.5 Å². The average molecular weight is 348 g/mol. The molecule has 2 heterocycles. The van der Waals surface area contributed by atoms with E-state index in [4.69, 9.17) is 5.73 Å². The molecule has 0 spiro atoms. The molecular formula is C9H9IN4OS. The lowest BCUT2D eigenvalue weighted by Crippen LogP contribution is -2.14. The van der Waals surface area contributed by atoms with Crippen LogP contribution < -0.4 is 11.1 Å². The summed E-state index contributed by atoms with van der Waals surface area (Å²) < 4.78 is 2.60. The van der Waals surface area contributed by atoms with Gasteiger partial charge in [-0.2, -0.15) is 5.10 Å². The lowest BCUT2D eigenvalue weighted by atomic mass is 10.3. The molecule has 0 aliphatic heterocycles. The van der Waals surface area contributed by atoms with Gasteiger partial charge in [0.2, 0.25) is 0 Å². The molecule has 0 radical (unpaired) electrons. The minimum absolute atomic E-state index is 0.172. The maximum absolute atomic E-state index is 11.8. The second kappa shape index (κ2) is 4.42. The molecule has 16 heavy (non-hydrogen) atoms. The molecule has 1 amide bonds. The highest BCUT2D eigenvalue weighted by Gasteiger charge is 2.12. The third-order valence-electron chi connectivity index (χ3n) is 2.03. The van der Waals surface area contributed by atoms with Gasteiger partial charge in [-0.05, 0) is 28.7 Å². The number of nitrogens with one attached hydrogen (secondary N) is 1. The first-order chi connectivity index (χ1) is 7.58. The first-order valence-electron chi connectivity index (χ1n) is 4.41. The Labute approximate surface area is 110 Å². The fraction of sp³-hybridized carbons (Fsp3) is 0.111. The Morgan fingerprint density at radius 2 is 2.44 bits per heavy atom. The Hall–Kier alpha value is -1.09. The second-order valence-electron chi connectivity index (χ2n) is 3.17. The molecule has 3 N–H and O–H groups in total. The molecule has 0 aromatic carbocycles. The summed E-state index contributed by atoms with van der Waals surface area (Å²) in [4.78, 5) is 11.8. The van der Waals surface area contributed by atoms with Crippen molar-refractivity contribution in [3.8, 4) is 0 Å². The van der Waals surface area contributed by atoms with Gasteiger partial charge in [0.15, 0.2) is 5.82 Å². The lowest BCUT2D eigenvalue weighted by Gasteiger charge is -2.04. The van der Waals surface area contributed by atoms with Crippen molar-refractivity contribution >= 4 is 51.3 Å². The number of carbonyl (C=O) groups excluding carboxylic acids is 1. The van der Waals surface area contributed by atoms with Crippen molar-refractivity contribution in [2.45, 2.75) is 0 Å². The first kappa shape index (κ1) is 11.4. The van der Waals surface area contributed by atoms with Crippen LogP contribution >= 0.6 is 33.9 Å². The Kier molecular flexibility index (Phi) is 3.15. The minimum atomic E-state index is -0.172. The molecule has 0 aliphatic carbocycles. The maximum atomic E-state index is 11.8. The smallest absolute Gasteiger partial charge is 0.257 e. The standard InChI is InChI=1S/C9H9IN4OS/c1-14-8(6(11)3-12-14)13-9(15)5-2-7(10)16-4-5/h2-4H,11H2,1H3,(H,13,15). The molecule has 2 aromatic heterocycles. The zero-order valence-corrected chi connectivity index (χ0v) is 11.4. The van der Waals surface area contributed by atoms with E-state index in [-0.39, 0.29) is 5.91 Å². The van der Waals surface area contributed by atoms with E-state index in [1.165, 1.54) is 22.2 Å². The molecule has 0 aliphatic rings. The number of halogens is 1. The van der Waals surface area contributed by atoms with Crippen molar-refractivity contribution in [3.63, 3.8) is 0 Å². The predicted octanol–water partition coefficient (Wildman–Crippen LogP) is 1.92. The van der Waals surface area contributed by atoms with Crippen molar-refractivity contribution in [3.05, 3.63) is 26.1 Å². The molecule has 0 saturated heterocycles. The summed E-state index contributed by atoms with van der Waals surface area (Å²) in [5, 5.41) is 8.48. The highest BCUT2D eigenvalue weighted by molar-refractivity contribution is 14.1. The van der Waals surface area contributed by atoms with Gasteiger partial charge in [0.25, 0.3) is 5.91 Å². The summed E-state index contributed by atoms with van der Waals surface area (Å²) in [5.41, 5.74) is 6.77. The van der Waals surface area contributed by atoms with E-state index in [1.807, 2.05) is 11.4 Å². The summed E-state index contributed by atoms with van der Waals surface area (Å²) in [5.74, 6) is 0.348. The van der Waals surface area contributed by atoms with Gasteiger partial charge in [-0.3, -0.25) is 9.48 Å². The van der Waals surface area contributed by atoms with Crippen molar-refractivity contribution < 1.29 is 4.79 Å². The van der Waals surface area contributed by atoms with E-state index >= 15 is 0 Å². The van der Waals surface area contributed by atoms with Gasteiger partial charge in [-0.1, -0.05) is 0 Å². The van der Waals surface area contributed by atoms with Gasteiger partial charge in [-0.15, -0.1) is 11.3 Å². The third kappa shape index (κ3) is 2.19. The van der Waals surface area contributed by atoms with E-state index < -0.39 is 0 Å². The number of nitrogen functional groups attached to an aromatic ring is 1. The SMILES string of the molecule is Cn1ncc(N)c1NC(=O)c1csc(I)c1. The first-order valence-corrected chi connectivity index (χ1v) is 6.36. The van der Waals surface area contributed by atoms with Crippen LogP contribution in [0.2, 0.25) is 0 Å². The van der Waals surface area contributed by atoms with Crippen LogP contribution in [-0.2, 0) is 7.05 Å². The Bertz CT molecular complexity index is 514. The fourth-order valence-electron chi connectivity index (χ4n) is 1.22. The van der Waals surface area contributed by atoms with Crippen LogP contribution in [0, 0.1) is 2.88 Å². The van der Waals surface area contributed by atoms with Crippen molar-refractivity contribution in [2.24, 2.45) is 7.05 Å². The molecule has 0 atom stereocenters. The molecule has 5 nitrogen and oxygen atoms in total. The number of aryl methyl sites for hydroxylation is 1. The molecule has 2 rings (SSSR count). The van der Waals surface area contributed by atoms with Gasteiger partial charge in [0.1, 0.15) is 0 Å². The number of carbonyl (C=O) groups is 1. The zero-order chi connectivity index (χ0) is 11.7. The number of nitrogens with zero attached hydrogens (tertiary/aromatic N) is 2. The van der Waals surface area contributed by atoms with Gasteiger partial charge >= 0.3 is 0 Å². The quantitative estimate of drug-likeness (QED) is 0.815. The average Bonchev–Trinajstić information content (AvgIpc) is 2.79. The van der Waals surface area contributed by atoms with E-state index in [1.54, 1.807) is 7.05 Å². The van der Waals surface area contributed by atoms with Gasteiger partial charge in [0.05, 0.1) is 20.3 Å². The summed E-state index contributed by atoms with van der Waals surface area (Å²) >= 11 is 3.70. The number of amides is 1. The minimum Gasteiger partial charge on any atom is -0.394 e. The molecule has 84 valence electrons. The molecule has 2 aromatic rings. The number of hydrogen-bond donors (Lipinski definition) is 2. The molecule has 0 bridgehead atoms. The van der Waals surface area contributed by atoms with Crippen molar-refractivity contribution in [1.82, 2.24) is 9.78 Å². The summed E-state index contributed by atoms with van der Waals surface area (Å²) in [7, 11) is 1.73. The molecule has 7 heteroatoms. The van der Waals surface area contributed by atoms with Gasteiger partial charge in [0, 0.05) is 12.4 Å². The highest BCUT2D eigenvalue weighted by atomic mass is 127. The van der Waals surface area contributed by atoms with Crippen LogP contribution in [0.1, 0.15) is 10.4 Å². The molecule has 0 saturated carbocycles. The van der Waals surface area contributed by atoms with Crippen molar-refractivity contribution in [2.75, 3.05) is 11.1 Å². The van der Waals surface area contributed by atoms with Crippen LogP contribution in [0.15, 0.2) is 17.6 Å².